The first-order valence-electron chi connectivity index (χ1n) is 10.1. The van der Waals surface area contributed by atoms with Crippen LogP contribution < -0.4 is 5.32 Å². The molecular weight excluding hydrogens is 354 g/mol. The highest BCUT2D eigenvalue weighted by atomic mass is 16.5. The van der Waals surface area contributed by atoms with Crippen molar-refractivity contribution < 1.29 is 9.53 Å². The summed E-state index contributed by atoms with van der Waals surface area (Å²) in [4.78, 5) is 12.2. The number of hydrogen-bond donors (Lipinski definition) is 1. The Morgan fingerprint density at radius 2 is 2.14 bits per heavy atom. The first kappa shape index (κ1) is 21.9. The molecule has 28 heavy (non-hydrogen) atoms. The van der Waals surface area contributed by atoms with Crippen LogP contribution in [0.4, 0.5) is 0 Å². The van der Waals surface area contributed by atoms with Crippen molar-refractivity contribution in [3.8, 4) is 17.9 Å². The number of aromatic nitrogens is 3. The zero-order chi connectivity index (χ0) is 20.5. The minimum Gasteiger partial charge on any atom is -0.374 e. The summed E-state index contributed by atoms with van der Waals surface area (Å²) in [5.74, 6) is 5.93. The van der Waals surface area contributed by atoms with Gasteiger partial charge in [-0.2, -0.15) is 5.26 Å². The molecule has 0 aliphatic carbocycles. The highest BCUT2D eigenvalue weighted by molar-refractivity contribution is 5.79. The van der Waals surface area contributed by atoms with E-state index in [1.165, 1.54) is 0 Å². The summed E-state index contributed by atoms with van der Waals surface area (Å²) >= 11 is 0. The topological polar surface area (TPSA) is 92.8 Å². The van der Waals surface area contributed by atoms with Crippen LogP contribution in [0.1, 0.15) is 78.0 Å². The molecule has 1 fully saturated rings. The molecule has 7 nitrogen and oxygen atoms in total. The van der Waals surface area contributed by atoms with Crippen molar-refractivity contribution in [2.24, 2.45) is 5.92 Å². The van der Waals surface area contributed by atoms with E-state index in [-0.39, 0.29) is 36.1 Å². The lowest BCUT2D eigenvalue weighted by Gasteiger charge is -2.22. The van der Waals surface area contributed by atoms with Gasteiger partial charge in [-0.15, -0.1) is 5.10 Å². The Bertz CT molecular complexity index is 740. The third kappa shape index (κ3) is 6.65. The van der Waals surface area contributed by atoms with Crippen LogP contribution >= 0.6 is 0 Å². The Morgan fingerprint density at radius 1 is 1.36 bits per heavy atom. The van der Waals surface area contributed by atoms with Crippen molar-refractivity contribution >= 4 is 5.91 Å². The molecule has 1 amide bonds. The van der Waals surface area contributed by atoms with Gasteiger partial charge >= 0.3 is 0 Å². The van der Waals surface area contributed by atoms with Gasteiger partial charge in [-0.25, -0.2) is 4.68 Å². The zero-order valence-corrected chi connectivity index (χ0v) is 17.3. The van der Waals surface area contributed by atoms with Crippen LogP contribution in [0, 0.1) is 29.1 Å². The number of carbonyl (C=O) groups excluding carboxylic acids is 1. The van der Waals surface area contributed by atoms with Crippen LogP contribution in [0.25, 0.3) is 0 Å². The number of nitrogens with zero attached hydrogens (tertiary/aromatic N) is 4. The summed E-state index contributed by atoms with van der Waals surface area (Å²) in [6, 6.07) is 2.40. The molecule has 152 valence electrons. The van der Waals surface area contributed by atoms with Gasteiger partial charge in [0.25, 0.3) is 0 Å². The van der Waals surface area contributed by atoms with Gasteiger partial charge in [0.2, 0.25) is 5.91 Å². The van der Waals surface area contributed by atoms with Gasteiger partial charge in [0, 0.05) is 18.9 Å². The fourth-order valence-electron chi connectivity index (χ4n) is 3.31. The minimum absolute atomic E-state index is 0.0264. The van der Waals surface area contributed by atoms with Crippen molar-refractivity contribution in [3.05, 3.63) is 11.9 Å². The molecule has 0 aromatic carbocycles. The number of unbranched alkanes of at least 4 members (excludes halogenated alkanes) is 2. The Balaban J connectivity index is 1.81. The lowest BCUT2D eigenvalue weighted by molar-refractivity contribution is -0.129. The molecule has 1 N–H and O–H groups in total. The first-order chi connectivity index (χ1) is 13.4. The highest BCUT2D eigenvalue weighted by Gasteiger charge is 2.33. The maximum absolute atomic E-state index is 12.2. The normalized spacial score (nSPS) is 20.9. The van der Waals surface area contributed by atoms with E-state index in [0.29, 0.717) is 18.5 Å². The van der Waals surface area contributed by atoms with Gasteiger partial charge in [-0.1, -0.05) is 18.1 Å². The summed E-state index contributed by atoms with van der Waals surface area (Å²) < 4.78 is 7.97. The molecule has 1 aromatic rings. The summed E-state index contributed by atoms with van der Waals surface area (Å²) in [5.41, 5.74) is 0.646. The van der Waals surface area contributed by atoms with Gasteiger partial charge in [0.05, 0.1) is 36.4 Å². The van der Waals surface area contributed by atoms with E-state index in [1.807, 2.05) is 31.6 Å². The lowest BCUT2D eigenvalue weighted by atomic mass is 10.00. The SMILES string of the molecule is CC(C)NC(=O)[C@H](C)[C@H]1CC[C@@H](C[C@@H](C)n2cc(C#CCCCC#N)nn2)O1. The van der Waals surface area contributed by atoms with Gasteiger partial charge in [-0.3, -0.25) is 4.79 Å². The molecule has 0 radical (unpaired) electrons. The Labute approximate surface area is 167 Å². The number of hydrogen-bond acceptors (Lipinski definition) is 5. The van der Waals surface area contributed by atoms with E-state index in [0.717, 1.165) is 25.7 Å². The second-order valence-corrected chi connectivity index (χ2v) is 7.81. The zero-order valence-electron chi connectivity index (χ0n) is 17.3. The fourth-order valence-corrected chi connectivity index (χ4v) is 3.31. The highest BCUT2D eigenvalue weighted by Crippen LogP contribution is 2.30. The van der Waals surface area contributed by atoms with Crippen molar-refractivity contribution in [2.75, 3.05) is 0 Å². The number of carbonyl (C=O) groups is 1. The fraction of sp³-hybridized carbons (Fsp3) is 0.714. The van der Waals surface area contributed by atoms with Crippen LogP contribution in [0.15, 0.2) is 6.20 Å². The van der Waals surface area contributed by atoms with Crippen molar-refractivity contribution in [1.29, 1.82) is 5.26 Å². The maximum Gasteiger partial charge on any atom is 0.225 e. The molecule has 7 heteroatoms. The number of nitrogens with one attached hydrogen (secondary N) is 1. The van der Waals surface area contributed by atoms with Crippen LogP contribution in [0.5, 0.6) is 0 Å². The average Bonchev–Trinajstić information content (AvgIpc) is 3.30. The lowest BCUT2D eigenvalue weighted by Crippen LogP contribution is -2.39. The second-order valence-electron chi connectivity index (χ2n) is 7.81. The Morgan fingerprint density at radius 3 is 2.86 bits per heavy atom. The minimum atomic E-state index is -0.142. The molecule has 2 rings (SSSR count). The number of ether oxygens (including phenoxy) is 1. The monoisotopic (exact) mass is 385 g/mol. The van der Waals surface area contributed by atoms with E-state index in [2.05, 4.69) is 40.5 Å². The third-order valence-corrected chi connectivity index (χ3v) is 4.92. The number of nitriles is 1. The molecule has 0 unspecified atom stereocenters. The van der Waals surface area contributed by atoms with E-state index in [1.54, 1.807) is 0 Å². The average molecular weight is 386 g/mol. The van der Waals surface area contributed by atoms with Crippen LogP contribution in [0.2, 0.25) is 0 Å². The van der Waals surface area contributed by atoms with Gasteiger partial charge in [0.1, 0.15) is 0 Å². The predicted octanol–water partition coefficient (Wildman–Crippen LogP) is 2.98. The van der Waals surface area contributed by atoms with Crippen LogP contribution in [0.3, 0.4) is 0 Å². The van der Waals surface area contributed by atoms with E-state index < -0.39 is 0 Å². The second kappa shape index (κ2) is 10.8. The Hall–Kier alpha value is -2.38. The van der Waals surface area contributed by atoms with E-state index in [9.17, 15) is 4.79 Å². The van der Waals surface area contributed by atoms with Crippen LogP contribution in [-0.2, 0) is 9.53 Å². The molecule has 4 atom stereocenters. The molecule has 0 bridgehead atoms. The van der Waals surface area contributed by atoms with Crippen molar-refractivity contribution in [1.82, 2.24) is 20.3 Å². The smallest absolute Gasteiger partial charge is 0.225 e. The molecular formula is C21H31N5O2. The Kier molecular flexibility index (Phi) is 8.47. The molecule has 1 aromatic heterocycles. The standard InChI is InChI=1S/C21H31N5O2/c1-15(2)23-21(27)17(4)20-11-10-19(28-20)13-16(3)26-14-18(24-25-26)9-7-5-6-8-12-22/h14-17,19-20H,5-6,8,10-11,13H2,1-4H3,(H,23,27)/t16-,17-,19+,20-/m1/s1. The van der Waals surface area contributed by atoms with E-state index >= 15 is 0 Å². The number of amides is 1. The quantitative estimate of drug-likeness (QED) is 0.548. The molecule has 1 saturated heterocycles. The largest absolute Gasteiger partial charge is 0.374 e. The van der Waals surface area contributed by atoms with Crippen molar-refractivity contribution in [3.63, 3.8) is 0 Å². The van der Waals surface area contributed by atoms with E-state index in [4.69, 9.17) is 10.00 Å². The van der Waals surface area contributed by atoms with Crippen LogP contribution in [-0.4, -0.2) is 39.2 Å². The van der Waals surface area contributed by atoms with Gasteiger partial charge in [-0.05, 0) is 52.4 Å². The molecule has 0 saturated carbocycles. The van der Waals surface area contributed by atoms with Crippen molar-refractivity contribution in [2.45, 2.75) is 90.5 Å². The van der Waals surface area contributed by atoms with Gasteiger partial charge in [0.15, 0.2) is 5.69 Å². The molecule has 0 spiro atoms. The molecule has 1 aliphatic rings. The molecule has 2 heterocycles. The predicted molar refractivity (Wildman–Crippen MR) is 106 cm³/mol. The summed E-state index contributed by atoms with van der Waals surface area (Å²) in [6.07, 6.45) is 6.63. The third-order valence-electron chi connectivity index (χ3n) is 4.92. The summed E-state index contributed by atoms with van der Waals surface area (Å²) in [7, 11) is 0. The maximum atomic E-state index is 12.2. The number of rotatable bonds is 8. The summed E-state index contributed by atoms with van der Waals surface area (Å²) in [6.45, 7) is 7.96. The van der Waals surface area contributed by atoms with Gasteiger partial charge < -0.3 is 10.1 Å². The summed E-state index contributed by atoms with van der Waals surface area (Å²) in [5, 5.41) is 19.8. The molecule has 1 aliphatic heterocycles. The first-order valence-corrected chi connectivity index (χ1v) is 10.1.